The molecule has 132 valence electrons. The van der Waals surface area contributed by atoms with E-state index < -0.39 is 5.82 Å². The summed E-state index contributed by atoms with van der Waals surface area (Å²) in [5, 5.41) is 0. The minimum absolute atomic E-state index is 0.139. The van der Waals surface area contributed by atoms with E-state index in [1.807, 2.05) is 11.5 Å². The second kappa shape index (κ2) is 6.24. The molecule has 2 aliphatic rings. The largest absolute Gasteiger partial charge is 0.336 e. The molecule has 1 aliphatic heterocycles. The molecule has 0 saturated carbocycles. The van der Waals surface area contributed by atoms with Crippen molar-refractivity contribution in [3.8, 4) is 0 Å². The van der Waals surface area contributed by atoms with Crippen LogP contribution in [0.4, 0.5) is 14.5 Å². The SMILES string of the molecule is CCc1c(Br)cc(F)cc1N1CCn2c3c(c(F)c2C1=O)CCCC3. The molecule has 3 nitrogen and oxygen atoms in total. The zero-order valence-corrected chi connectivity index (χ0v) is 15.6. The molecule has 2 aromatic rings. The Morgan fingerprint density at radius 3 is 2.68 bits per heavy atom. The summed E-state index contributed by atoms with van der Waals surface area (Å²) in [6.07, 6.45) is 4.16. The molecule has 0 spiro atoms. The van der Waals surface area contributed by atoms with Crippen molar-refractivity contribution in [3.05, 3.63) is 50.8 Å². The summed E-state index contributed by atoms with van der Waals surface area (Å²) < 4.78 is 31.4. The van der Waals surface area contributed by atoms with Crippen molar-refractivity contribution in [2.45, 2.75) is 45.6 Å². The monoisotopic (exact) mass is 408 g/mol. The van der Waals surface area contributed by atoms with E-state index in [1.54, 1.807) is 0 Å². The number of benzene rings is 1. The lowest BCUT2D eigenvalue weighted by Crippen LogP contribution is -2.41. The number of hydrogen-bond donors (Lipinski definition) is 0. The van der Waals surface area contributed by atoms with E-state index in [0.717, 1.165) is 30.5 Å². The third-order valence-electron chi connectivity index (χ3n) is 5.28. The molecular weight excluding hydrogens is 390 g/mol. The van der Waals surface area contributed by atoms with Crippen molar-refractivity contribution in [2.75, 3.05) is 11.4 Å². The lowest BCUT2D eigenvalue weighted by molar-refractivity contribution is 0.0959. The second-order valence-corrected chi connectivity index (χ2v) is 7.50. The molecule has 1 aliphatic carbocycles. The number of amides is 1. The van der Waals surface area contributed by atoms with E-state index in [9.17, 15) is 13.6 Å². The third-order valence-corrected chi connectivity index (χ3v) is 5.99. The van der Waals surface area contributed by atoms with Crippen LogP contribution in [0.2, 0.25) is 0 Å². The summed E-state index contributed by atoms with van der Waals surface area (Å²) in [7, 11) is 0. The van der Waals surface area contributed by atoms with Crippen molar-refractivity contribution >= 4 is 27.5 Å². The number of nitrogens with zero attached hydrogens (tertiary/aromatic N) is 2. The molecule has 0 unspecified atom stereocenters. The summed E-state index contributed by atoms with van der Waals surface area (Å²) in [5.74, 6) is -1.16. The highest BCUT2D eigenvalue weighted by Gasteiger charge is 2.35. The van der Waals surface area contributed by atoms with Gasteiger partial charge >= 0.3 is 0 Å². The van der Waals surface area contributed by atoms with E-state index in [1.165, 1.54) is 17.0 Å². The van der Waals surface area contributed by atoms with E-state index >= 15 is 0 Å². The van der Waals surface area contributed by atoms with Crippen LogP contribution in [0.5, 0.6) is 0 Å². The maximum absolute atomic E-state index is 14.9. The van der Waals surface area contributed by atoms with Gasteiger partial charge in [0.1, 0.15) is 11.5 Å². The number of hydrogen-bond acceptors (Lipinski definition) is 1. The van der Waals surface area contributed by atoms with Gasteiger partial charge in [-0.2, -0.15) is 0 Å². The van der Waals surface area contributed by atoms with E-state index in [4.69, 9.17) is 0 Å². The smallest absolute Gasteiger partial charge is 0.278 e. The highest BCUT2D eigenvalue weighted by atomic mass is 79.9. The van der Waals surface area contributed by atoms with Gasteiger partial charge in [0.05, 0.1) is 5.69 Å². The average Bonchev–Trinajstić information content (AvgIpc) is 2.88. The molecule has 2 heterocycles. The highest BCUT2D eigenvalue weighted by molar-refractivity contribution is 9.10. The lowest BCUT2D eigenvalue weighted by atomic mass is 9.97. The number of rotatable bonds is 2. The molecule has 4 rings (SSSR count). The molecule has 0 saturated heterocycles. The lowest BCUT2D eigenvalue weighted by Gasteiger charge is -2.31. The van der Waals surface area contributed by atoms with Gasteiger partial charge in [0.15, 0.2) is 5.82 Å². The summed E-state index contributed by atoms with van der Waals surface area (Å²) in [4.78, 5) is 14.6. The van der Waals surface area contributed by atoms with Gasteiger partial charge in [-0.3, -0.25) is 4.79 Å². The first-order valence-electron chi connectivity index (χ1n) is 8.72. The topological polar surface area (TPSA) is 25.2 Å². The van der Waals surface area contributed by atoms with Crippen LogP contribution in [-0.2, 0) is 25.8 Å². The van der Waals surface area contributed by atoms with Crippen LogP contribution in [0.25, 0.3) is 0 Å². The van der Waals surface area contributed by atoms with Crippen LogP contribution in [0.3, 0.4) is 0 Å². The predicted molar refractivity (Wildman–Crippen MR) is 96.2 cm³/mol. The summed E-state index contributed by atoms with van der Waals surface area (Å²) in [5.41, 5.74) is 3.21. The fraction of sp³-hybridized carbons (Fsp3) is 0.421. The zero-order valence-electron chi connectivity index (χ0n) is 14.0. The van der Waals surface area contributed by atoms with Gasteiger partial charge in [0.2, 0.25) is 0 Å². The normalized spacial score (nSPS) is 16.8. The molecule has 0 fully saturated rings. The first-order chi connectivity index (χ1) is 12.0. The first kappa shape index (κ1) is 16.8. The number of fused-ring (bicyclic) bond motifs is 3. The van der Waals surface area contributed by atoms with Crippen molar-refractivity contribution in [2.24, 2.45) is 0 Å². The van der Waals surface area contributed by atoms with Gasteiger partial charge in [-0.1, -0.05) is 22.9 Å². The standard InChI is InChI=1S/C19H19BrF2N2O/c1-2-12-14(20)9-11(21)10-16(12)24-8-7-23-15-6-4-3-5-13(15)17(22)18(23)19(24)25/h9-10H,2-8H2,1H3. The second-order valence-electron chi connectivity index (χ2n) is 6.64. The average molecular weight is 409 g/mol. The van der Waals surface area contributed by atoms with Gasteiger partial charge in [-0.25, -0.2) is 8.78 Å². The number of anilines is 1. The van der Waals surface area contributed by atoms with Gasteiger partial charge in [-0.05, 0) is 49.8 Å². The van der Waals surface area contributed by atoms with Gasteiger partial charge in [0, 0.05) is 28.8 Å². The Bertz CT molecular complexity index is 875. The maximum Gasteiger partial charge on any atom is 0.278 e. The quantitative estimate of drug-likeness (QED) is 0.710. The van der Waals surface area contributed by atoms with Crippen molar-refractivity contribution in [1.82, 2.24) is 4.57 Å². The minimum atomic E-state index is -0.410. The van der Waals surface area contributed by atoms with Crippen LogP contribution in [0.15, 0.2) is 16.6 Å². The molecule has 0 atom stereocenters. The van der Waals surface area contributed by atoms with Crippen LogP contribution >= 0.6 is 15.9 Å². The molecular formula is C19H19BrF2N2O. The fourth-order valence-electron chi connectivity index (χ4n) is 4.12. The highest BCUT2D eigenvalue weighted by Crippen LogP contribution is 2.36. The minimum Gasteiger partial charge on any atom is -0.336 e. The summed E-state index contributed by atoms with van der Waals surface area (Å²) in [6, 6.07) is 2.77. The number of aromatic nitrogens is 1. The molecule has 1 amide bonds. The molecule has 0 bridgehead atoms. The summed E-state index contributed by atoms with van der Waals surface area (Å²) >= 11 is 3.38. The molecule has 25 heavy (non-hydrogen) atoms. The Balaban J connectivity index is 1.82. The number of carbonyl (C=O) groups is 1. The number of halogens is 3. The predicted octanol–water partition coefficient (Wildman–Crippen LogP) is 4.63. The Morgan fingerprint density at radius 2 is 1.92 bits per heavy atom. The van der Waals surface area contributed by atoms with Crippen molar-refractivity contribution < 1.29 is 13.6 Å². The molecule has 0 N–H and O–H groups in total. The Labute approximate surface area is 153 Å². The van der Waals surface area contributed by atoms with E-state index in [0.29, 0.717) is 41.7 Å². The maximum atomic E-state index is 14.9. The molecule has 1 aromatic heterocycles. The molecule has 0 radical (unpaired) electrons. The van der Waals surface area contributed by atoms with Gasteiger partial charge < -0.3 is 9.47 Å². The zero-order chi connectivity index (χ0) is 17.7. The van der Waals surface area contributed by atoms with E-state index in [-0.39, 0.29) is 17.4 Å². The van der Waals surface area contributed by atoms with Gasteiger partial charge in [-0.15, -0.1) is 0 Å². The van der Waals surface area contributed by atoms with Crippen LogP contribution in [0, 0.1) is 11.6 Å². The van der Waals surface area contributed by atoms with Crippen LogP contribution in [-0.4, -0.2) is 17.0 Å². The first-order valence-corrected chi connectivity index (χ1v) is 9.51. The summed E-state index contributed by atoms with van der Waals surface area (Å²) in [6.45, 7) is 2.93. The Hall–Kier alpha value is -1.69. The van der Waals surface area contributed by atoms with Crippen molar-refractivity contribution in [3.63, 3.8) is 0 Å². The molecule has 6 heteroatoms. The Kier molecular flexibility index (Phi) is 4.18. The van der Waals surface area contributed by atoms with Gasteiger partial charge in [0.25, 0.3) is 5.91 Å². The van der Waals surface area contributed by atoms with Crippen LogP contribution in [0.1, 0.15) is 47.1 Å². The van der Waals surface area contributed by atoms with Crippen LogP contribution < -0.4 is 4.90 Å². The third kappa shape index (κ3) is 2.53. The Morgan fingerprint density at radius 1 is 1.16 bits per heavy atom. The van der Waals surface area contributed by atoms with Crippen molar-refractivity contribution in [1.29, 1.82) is 0 Å². The van der Waals surface area contributed by atoms with E-state index in [2.05, 4.69) is 15.9 Å². The molecule has 1 aromatic carbocycles. The number of carbonyl (C=O) groups excluding carboxylic acids is 1. The fourth-order valence-corrected chi connectivity index (χ4v) is 4.82.